The maximum absolute atomic E-state index is 10.8. The highest BCUT2D eigenvalue weighted by molar-refractivity contribution is 5.84. The summed E-state index contributed by atoms with van der Waals surface area (Å²) in [5.74, 6) is 0.0664. The molecule has 0 saturated heterocycles. The number of ketones is 3. The third-order valence-corrected chi connectivity index (χ3v) is 1.63. The van der Waals surface area contributed by atoms with E-state index in [4.69, 9.17) is 0 Å². The second-order valence-corrected chi connectivity index (χ2v) is 3.53. The van der Waals surface area contributed by atoms with Crippen molar-refractivity contribution in [3.8, 4) is 0 Å². The standard InChI is InChI=1S/C11H16O3/c1-8(12)4-5-11(6-9(2)13)7-10(3)14/h5H,4,6-7H2,1-3H3. The molecule has 0 fully saturated rings. The van der Waals surface area contributed by atoms with Crippen LogP contribution in [0.4, 0.5) is 0 Å². The Morgan fingerprint density at radius 2 is 1.29 bits per heavy atom. The monoisotopic (exact) mass is 196 g/mol. The van der Waals surface area contributed by atoms with Crippen molar-refractivity contribution in [1.82, 2.24) is 0 Å². The lowest BCUT2D eigenvalue weighted by Gasteiger charge is -2.01. The van der Waals surface area contributed by atoms with Gasteiger partial charge in [-0.25, -0.2) is 0 Å². The predicted molar refractivity (Wildman–Crippen MR) is 54.0 cm³/mol. The van der Waals surface area contributed by atoms with Gasteiger partial charge in [0.2, 0.25) is 0 Å². The Labute approximate surface area is 84.2 Å². The van der Waals surface area contributed by atoms with Gasteiger partial charge in [-0.2, -0.15) is 0 Å². The molecule has 0 unspecified atom stereocenters. The van der Waals surface area contributed by atoms with Crippen LogP contribution in [-0.4, -0.2) is 17.3 Å². The summed E-state index contributed by atoms with van der Waals surface area (Å²) in [5, 5.41) is 0. The number of carbonyl (C=O) groups excluding carboxylic acids is 3. The Hall–Kier alpha value is -1.25. The molecule has 0 aliphatic heterocycles. The zero-order valence-corrected chi connectivity index (χ0v) is 8.92. The van der Waals surface area contributed by atoms with Gasteiger partial charge in [-0.3, -0.25) is 14.4 Å². The zero-order valence-electron chi connectivity index (χ0n) is 8.92. The smallest absolute Gasteiger partial charge is 0.133 e. The third kappa shape index (κ3) is 7.40. The Kier molecular flexibility index (Phi) is 5.68. The number of Topliss-reactive ketones (excluding diaryl/α,β-unsaturated/α-hetero) is 3. The van der Waals surface area contributed by atoms with Crippen LogP contribution >= 0.6 is 0 Å². The number of hydrogen-bond donors (Lipinski definition) is 0. The maximum atomic E-state index is 10.8. The lowest BCUT2D eigenvalue weighted by atomic mass is 10.0. The number of allylic oxidation sites excluding steroid dienone is 2. The van der Waals surface area contributed by atoms with Crippen LogP contribution in [0.15, 0.2) is 11.6 Å². The first-order chi connectivity index (χ1) is 6.41. The molecule has 0 bridgehead atoms. The summed E-state index contributed by atoms with van der Waals surface area (Å²) in [6.07, 6.45) is 2.53. The number of carbonyl (C=O) groups is 3. The summed E-state index contributed by atoms with van der Waals surface area (Å²) in [5.41, 5.74) is 0.750. The summed E-state index contributed by atoms with van der Waals surface area (Å²) in [4.78, 5) is 32.4. The van der Waals surface area contributed by atoms with Crippen LogP contribution in [0, 0.1) is 0 Å². The molecule has 0 amide bonds. The molecular weight excluding hydrogens is 180 g/mol. The molecule has 78 valence electrons. The summed E-state index contributed by atoms with van der Waals surface area (Å²) >= 11 is 0. The SMILES string of the molecule is CC(=O)CC=C(CC(C)=O)CC(C)=O. The molecule has 3 heteroatoms. The highest BCUT2D eigenvalue weighted by Gasteiger charge is 2.04. The molecule has 0 radical (unpaired) electrons. The fraction of sp³-hybridized carbons (Fsp3) is 0.545. The van der Waals surface area contributed by atoms with Gasteiger partial charge >= 0.3 is 0 Å². The normalized spacial score (nSPS) is 9.36. The fourth-order valence-electron chi connectivity index (χ4n) is 1.13. The minimum absolute atomic E-state index is 0.0149. The minimum Gasteiger partial charge on any atom is -0.300 e. The summed E-state index contributed by atoms with van der Waals surface area (Å²) in [6, 6.07) is 0. The van der Waals surface area contributed by atoms with Crippen molar-refractivity contribution in [1.29, 1.82) is 0 Å². The summed E-state index contributed by atoms with van der Waals surface area (Å²) < 4.78 is 0. The van der Waals surface area contributed by atoms with E-state index in [1.165, 1.54) is 20.8 Å². The van der Waals surface area contributed by atoms with Crippen LogP contribution in [0.25, 0.3) is 0 Å². The number of rotatable bonds is 6. The first kappa shape index (κ1) is 12.8. The van der Waals surface area contributed by atoms with E-state index >= 15 is 0 Å². The zero-order chi connectivity index (χ0) is 11.1. The van der Waals surface area contributed by atoms with Crippen molar-refractivity contribution in [2.24, 2.45) is 0 Å². The third-order valence-electron chi connectivity index (χ3n) is 1.63. The van der Waals surface area contributed by atoms with E-state index in [0.29, 0.717) is 6.42 Å². The van der Waals surface area contributed by atoms with Gasteiger partial charge in [0.25, 0.3) is 0 Å². The Morgan fingerprint density at radius 1 is 0.857 bits per heavy atom. The van der Waals surface area contributed by atoms with Crippen LogP contribution in [0.5, 0.6) is 0 Å². The second kappa shape index (κ2) is 6.24. The van der Waals surface area contributed by atoms with Gasteiger partial charge in [-0.05, 0) is 20.8 Å². The average molecular weight is 196 g/mol. The molecule has 0 heterocycles. The highest BCUT2D eigenvalue weighted by Crippen LogP contribution is 2.09. The van der Waals surface area contributed by atoms with E-state index in [2.05, 4.69) is 0 Å². The van der Waals surface area contributed by atoms with Gasteiger partial charge in [-0.1, -0.05) is 11.6 Å². The highest BCUT2D eigenvalue weighted by atomic mass is 16.1. The van der Waals surface area contributed by atoms with E-state index in [9.17, 15) is 14.4 Å². The first-order valence-electron chi connectivity index (χ1n) is 4.58. The second-order valence-electron chi connectivity index (χ2n) is 3.53. The lowest BCUT2D eigenvalue weighted by Crippen LogP contribution is -2.00. The number of hydrogen-bond acceptors (Lipinski definition) is 3. The molecule has 0 atom stereocenters. The average Bonchev–Trinajstić information content (AvgIpc) is 1.97. The van der Waals surface area contributed by atoms with Crippen molar-refractivity contribution in [3.05, 3.63) is 11.6 Å². The van der Waals surface area contributed by atoms with Crippen LogP contribution in [-0.2, 0) is 14.4 Å². The van der Waals surface area contributed by atoms with Crippen LogP contribution in [0.1, 0.15) is 40.0 Å². The fourth-order valence-corrected chi connectivity index (χ4v) is 1.13. The van der Waals surface area contributed by atoms with E-state index in [0.717, 1.165) is 5.57 Å². The Bertz CT molecular complexity index is 256. The van der Waals surface area contributed by atoms with Gasteiger partial charge in [0, 0.05) is 19.3 Å². The molecule has 0 spiro atoms. The maximum Gasteiger partial charge on any atom is 0.133 e. The Morgan fingerprint density at radius 3 is 1.57 bits per heavy atom. The topological polar surface area (TPSA) is 51.2 Å². The van der Waals surface area contributed by atoms with E-state index in [1.807, 2.05) is 0 Å². The molecular formula is C11H16O3. The molecule has 0 saturated carbocycles. The first-order valence-corrected chi connectivity index (χ1v) is 4.58. The molecule has 0 aliphatic rings. The molecule has 0 aromatic rings. The van der Waals surface area contributed by atoms with E-state index < -0.39 is 0 Å². The van der Waals surface area contributed by atoms with Gasteiger partial charge in [-0.15, -0.1) is 0 Å². The van der Waals surface area contributed by atoms with Gasteiger partial charge in [0.1, 0.15) is 17.3 Å². The van der Waals surface area contributed by atoms with E-state index in [1.54, 1.807) is 6.08 Å². The van der Waals surface area contributed by atoms with Crippen LogP contribution < -0.4 is 0 Å². The van der Waals surface area contributed by atoms with Crippen molar-refractivity contribution >= 4 is 17.3 Å². The summed E-state index contributed by atoms with van der Waals surface area (Å²) in [7, 11) is 0. The molecule has 0 aliphatic carbocycles. The molecule has 0 rings (SSSR count). The van der Waals surface area contributed by atoms with E-state index in [-0.39, 0.29) is 30.2 Å². The van der Waals surface area contributed by atoms with Crippen molar-refractivity contribution in [3.63, 3.8) is 0 Å². The van der Waals surface area contributed by atoms with Gasteiger partial charge in [0.05, 0.1) is 0 Å². The predicted octanol–water partition coefficient (Wildman–Crippen LogP) is 1.85. The largest absolute Gasteiger partial charge is 0.300 e. The van der Waals surface area contributed by atoms with Crippen LogP contribution in [0.3, 0.4) is 0 Å². The minimum atomic E-state index is 0.0149. The lowest BCUT2D eigenvalue weighted by molar-refractivity contribution is -0.118. The molecule has 14 heavy (non-hydrogen) atoms. The molecule has 3 nitrogen and oxygen atoms in total. The Balaban J connectivity index is 4.37. The quantitative estimate of drug-likeness (QED) is 0.609. The van der Waals surface area contributed by atoms with Crippen molar-refractivity contribution < 1.29 is 14.4 Å². The molecule has 0 N–H and O–H groups in total. The van der Waals surface area contributed by atoms with Crippen molar-refractivity contribution in [2.45, 2.75) is 40.0 Å². The molecule has 0 aromatic carbocycles. The van der Waals surface area contributed by atoms with Gasteiger partial charge in [0.15, 0.2) is 0 Å². The molecule has 0 aromatic heterocycles. The summed E-state index contributed by atoms with van der Waals surface area (Å²) in [6.45, 7) is 4.43. The van der Waals surface area contributed by atoms with Gasteiger partial charge < -0.3 is 0 Å². The van der Waals surface area contributed by atoms with Crippen LogP contribution in [0.2, 0.25) is 0 Å². The van der Waals surface area contributed by atoms with Crippen molar-refractivity contribution in [2.75, 3.05) is 0 Å².